The summed E-state index contributed by atoms with van der Waals surface area (Å²) >= 11 is 0. The van der Waals surface area contributed by atoms with Crippen molar-refractivity contribution in [1.82, 2.24) is 20.0 Å². The van der Waals surface area contributed by atoms with Gasteiger partial charge in [-0.2, -0.15) is 5.10 Å². The lowest BCUT2D eigenvalue weighted by atomic mass is 9.95. The molecular formula is C19H32N6O. The number of likely N-dealkylation sites (tertiary alicyclic amines) is 1. The SMILES string of the molecule is CCNC(=NCc1ccn(C2CCCC2)n1)N1CCCC(CC(N)=O)C1. The summed E-state index contributed by atoms with van der Waals surface area (Å²) in [5.74, 6) is 1.03. The fraction of sp³-hybridized carbons (Fsp3) is 0.737. The van der Waals surface area contributed by atoms with Crippen molar-refractivity contribution >= 4 is 11.9 Å². The molecule has 1 unspecified atom stereocenters. The van der Waals surface area contributed by atoms with Crippen LogP contribution in [0.25, 0.3) is 0 Å². The first-order valence-corrected chi connectivity index (χ1v) is 10.0. The molecule has 0 radical (unpaired) electrons. The van der Waals surface area contributed by atoms with E-state index in [9.17, 15) is 4.79 Å². The smallest absolute Gasteiger partial charge is 0.217 e. The molecule has 7 nitrogen and oxygen atoms in total. The van der Waals surface area contributed by atoms with Crippen LogP contribution >= 0.6 is 0 Å². The molecule has 26 heavy (non-hydrogen) atoms. The molecule has 1 saturated carbocycles. The predicted octanol–water partition coefficient (Wildman–Crippen LogP) is 2.05. The summed E-state index contributed by atoms with van der Waals surface area (Å²) < 4.78 is 2.12. The highest BCUT2D eigenvalue weighted by Gasteiger charge is 2.23. The Morgan fingerprint density at radius 3 is 2.88 bits per heavy atom. The molecule has 3 N–H and O–H groups in total. The second-order valence-corrected chi connectivity index (χ2v) is 7.52. The van der Waals surface area contributed by atoms with Gasteiger partial charge in [-0.15, -0.1) is 0 Å². The van der Waals surface area contributed by atoms with Crippen LogP contribution in [-0.4, -0.2) is 46.2 Å². The van der Waals surface area contributed by atoms with E-state index >= 15 is 0 Å². The van der Waals surface area contributed by atoms with Crippen molar-refractivity contribution in [2.75, 3.05) is 19.6 Å². The fourth-order valence-corrected chi connectivity index (χ4v) is 4.12. The second-order valence-electron chi connectivity index (χ2n) is 7.52. The number of aromatic nitrogens is 2. The summed E-state index contributed by atoms with van der Waals surface area (Å²) in [4.78, 5) is 18.3. The predicted molar refractivity (Wildman–Crippen MR) is 103 cm³/mol. The topological polar surface area (TPSA) is 88.5 Å². The highest BCUT2D eigenvalue weighted by atomic mass is 16.1. The molecule has 7 heteroatoms. The van der Waals surface area contributed by atoms with Crippen LogP contribution < -0.4 is 11.1 Å². The van der Waals surface area contributed by atoms with Crippen LogP contribution in [0.4, 0.5) is 0 Å². The first-order chi connectivity index (χ1) is 12.7. The molecule has 1 aliphatic carbocycles. The monoisotopic (exact) mass is 360 g/mol. The molecule has 1 aliphatic heterocycles. The zero-order valence-electron chi connectivity index (χ0n) is 15.9. The van der Waals surface area contributed by atoms with Gasteiger partial charge in [0.2, 0.25) is 5.91 Å². The van der Waals surface area contributed by atoms with Gasteiger partial charge in [0.25, 0.3) is 0 Å². The number of hydrogen-bond acceptors (Lipinski definition) is 3. The molecule has 0 bridgehead atoms. The van der Waals surface area contributed by atoms with Crippen LogP contribution in [0.2, 0.25) is 0 Å². The minimum absolute atomic E-state index is 0.212. The van der Waals surface area contributed by atoms with Gasteiger partial charge in [0.15, 0.2) is 5.96 Å². The van der Waals surface area contributed by atoms with E-state index in [2.05, 4.69) is 34.1 Å². The molecule has 0 aromatic carbocycles. The highest BCUT2D eigenvalue weighted by Crippen LogP contribution is 2.28. The third-order valence-electron chi connectivity index (χ3n) is 5.40. The van der Waals surface area contributed by atoms with Gasteiger partial charge in [-0.05, 0) is 44.6 Å². The summed E-state index contributed by atoms with van der Waals surface area (Å²) in [5.41, 5.74) is 6.39. The number of amides is 1. The Bertz CT molecular complexity index is 619. The van der Waals surface area contributed by atoms with Crippen molar-refractivity contribution in [1.29, 1.82) is 0 Å². The fourth-order valence-electron chi connectivity index (χ4n) is 4.12. The lowest BCUT2D eigenvalue weighted by Gasteiger charge is -2.34. The summed E-state index contributed by atoms with van der Waals surface area (Å²) in [6.07, 6.45) is 9.78. The lowest BCUT2D eigenvalue weighted by Crippen LogP contribution is -2.47. The van der Waals surface area contributed by atoms with Crippen molar-refractivity contribution < 1.29 is 4.79 Å². The Labute approximate surface area is 156 Å². The number of guanidine groups is 1. The van der Waals surface area contributed by atoms with E-state index in [1.165, 1.54) is 25.7 Å². The summed E-state index contributed by atoms with van der Waals surface area (Å²) in [7, 11) is 0. The van der Waals surface area contributed by atoms with Gasteiger partial charge < -0.3 is 16.0 Å². The quantitative estimate of drug-likeness (QED) is 0.600. The number of rotatable bonds is 6. The van der Waals surface area contributed by atoms with Crippen molar-refractivity contribution in [2.45, 2.75) is 64.5 Å². The molecule has 1 amide bonds. The van der Waals surface area contributed by atoms with Crippen molar-refractivity contribution in [3.63, 3.8) is 0 Å². The molecule has 0 spiro atoms. The van der Waals surface area contributed by atoms with Gasteiger partial charge >= 0.3 is 0 Å². The number of nitrogens with one attached hydrogen (secondary N) is 1. The number of nitrogens with two attached hydrogens (primary N) is 1. The van der Waals surface area contributed by atoms with Gasteiger partial charge in [-0.3, -0.25) is 9.48 Å². The largest absolute Gasteiger partial charge is 0.370 e. The van der Waals surface area contributed by atoms with Gasteiger partial charge in [0.05, 0.1) is 18.3 Å². The molecular weight excluding hydrogens is 328 g/mol. The molecule has 1 saturated heterocycles. The zero-order chi connectivity index (χ0) is 18.4. The average molecular weight is 361 g/mol. The Morgan fingerprint density at radius 1 is 1.35 bits per heavy atom. The van der Waals surface area contributed by atoms with Gasteiger partial charge in [0.1, 0.15) is 0 Å². The maximum absolute atomic E-state index is 11.2. The Morgan fingerprint density at radius 2 is 2.15 bits per heavy atom. The summed E-state index contributed by atoms with van der Waals surface area (Å²) in [6, 6.07) is 2.65. The molecule has 1 aromatic rings. The standard InChI is InChI=1S/C19H32N6O/c1-2-21-19(24-10-5-6-15(14-24)12-18(20)26)22-13-16-9-11-25(23-16)17-7-3-4-8-17/h9,11,15,17H,2-8,10,12-14H2,1H3,(H2,20,26)(H,21,22). The van der Waals surface area contributed by atoms with Crippen molar-refractivity contribution in [3.05, 3.63) is 18.0 Å². The average Bonchev–Trinajstić information content (AvgIpc) is 3.29. The van der Waals surface area contributed by atoms with E-state index < -0.39 is 0 Å². The number of piperidine rings is 1. The second kappa shape index (κ2) is 9.05. The molecule has 3 rings (SSSR count). The highest BCUT2D eigenvalue weighted by molar-refractivity contribution is 5.80. The van der Waals surface area contributed by atoms with E-state index in [1.807, 2.05) is 0 Å². The Balaban J connectivity index is 1.62. The number of aliphatic imine (C=N–C) groups is 1. The molecule has 144 valence electrons. The lowest BCUT2D eigenvalue weighted by molar-refractivity contribution is -0.119. The van der Waals surface area contributed by atoms with Gasteiger partial charge in [-0.25, -0.2) is 4.99 Å². The number of hydrogen-bond donors (Lipinski definition) is 2. The molecule has 2 aliphatic rings. The van der Waals surface area contributed by atoms with E-state index in [0.717, 1.165) is 44.1 Å². The Kier molecular flexibility index (Phi) is 6.52. The van der Waals surface area contributed by atoms with Crippen molar-refractivity contribution in [3.8, 4) is 0 Å². The summed E-state index contributed by atoms with van der Waals surface area (Å²) in [5, 5.41) is 8.11. The zero-order valence-corrected chi connectivity index (χ0v) is 15.9. The molecule has 2 heterocycles. The summed E-state index contributed by atoms with van der Waals surface area (Å²) in [6.45, 7) is 5.30. The first kappa shape index (κ1) is 18.7. The van der Waals surface area contributed by atoms with Crippen molar-refractivity contribution in [2.24, 2.45) is 16.6 Å². The number of primary amides is 1. The molecule has 1 atom stereocenters. The van der Waals surface area contributed by atoms with Gasteiger partial charge in [0, 0.05) is 32.3 Å². The first-order valence-electron chi connectivity index (χ1n) is 10.0. The minimum atomic E-state index is -0.212. The maximum Gasteiger partial charge on any atom is 0.217 e. The number of carbonyl (C=O) groups is 1. The van der Waals surface area contributed by atoms with E-state index in [1.54, 1.807) is 0 Å². The van der Waals surface area contributed by atoms with Crippen LogP contribution in [0.15, 0.2) is 17.3 Å². The van der Waals surface area contributed by atoms with Crippen LogP contribution in [-0.2, 0) is 11.3 Å². The maximum atomic E-state index is 11.2. The van der Waals surface area contributed by atoms with Crippen LogP contribution in [0.5, 0.6) is 0 Å². The van der Waals surface area contributed by atoms with E-state index in [0.29, 0.717) is 24.9 Å². The van der Waals surface area contributed by atoms with E-state index in [-0.39, 0.29) is 5.91 Å². The normalized spacial score (nSPS) is 22.0. The van der Waals surface area contributed by atoms with Crippen LogP contribution in [0.3, 0.4) is 0 Å². The van der Waals surface area contributed by atoms with Crippen LogP contribution in [0, 0.1) is 5.92 Å². The molecule has 1 aromatic heterocycles. The third-order valence-corrected chi connectivity index (χ3v) is 5.40. The third kappa shape index (κ3) is 4.99. The number of nitrogens with zero attached hydrogens (tertiary/aromatic N) is 4. The molecule has 2 fully saturated rings. The number of carbonyl (C=O) groups excluding carboxylic acids is 1. The van der Waals surface area contributed by atoms with Gasteiger partial charge in [-0.1, -0.05) is 12.8 Å². The Hall–Kier alpha value is -2.05. The van der Waals surface area contributed by atoms with Crippen LogP contribution in [0.1, 0.15) is 63.6 Å². The van der Waals surface area contributed by atoms with E-state index in [4.69, 9.17) is 15.8 Å². The minimum Gasteiger partial charge on any atom is -0.370 e.